The van der Waals surface area contributed by atoms with E-state index in [2.05, 4.69) is 4.72 Å². The van der Waals surface area contributed by atoms with Crippen LogP contribution in [0.5, 0.6) is 5.75 Å². The molecular weight excluding hydrogens is 366 g/mol. The number of rotatable bonds is 8. The van der Waals surface area contributed by atoms with Gasteiger partial charge in [-0.3, -0.25) is 0 Å². The fraction of sp³-hybridized carbons (Fsp3) is 0.294. The zero-order chi connectivity index (χ0) is 18.5. The first-order valence-electron chi connectivity index (χ1n) is 7.42. The number of sulfonamides is 1. The SMILES string of the molecule is COC[C@@](O)(CNS(=O)(=O)c1cc(Cl)ccc1OC)c1ccccc1. The van der Waals surface area contributed by atoms with E-state index in [-0.39, 0.29) is 28.8 Å². The number of benzene rings is 2. The molecule has 0 bridgehead atoms. The van der Waals surface area contributed by atoms with Gasteiger partial charge in [0, 0.05) is 18.7 Å². The summed E-state index contributed by atoms with van der Waals surface area (Å²) in [7, 11) is -1.16. The van der Waals surface area contributed by atoms with Gasteiger partial charge in [0.2, 0.25) is 10.0 Å². The van der Waals surface area contributed by atoms with Crippen LogP contribution in [-0.4, -0.2) is 40.9 Å². The summed E-state index contributed by atoms with van der Waals surface area (Å²) in [5, 5.41) is 11.1. The highest BCUT2D eigenvalue weighted by molar-refractivity contribution is 7.89. The molecule has 0 amide bonds. The Bertz CT molecular complexity index is 813. The molecule has 2 rings (SSSR count). The number of methoxy groups -OCH3 is 2. The number of hydrogen-bond acceptors (Lipinski definition) is 5. The minimum atomic E-state index is -3.96. The Morgan fingerprint density at radius 2 is 1.84 bits per heavy atom. The quantitative estimate of drug-likeness (QED) is 0.727. The summed E-state index contributed by atoms with van der Waals surface area (Å²) >= 11 is 5.90. The van der Waals surface area contributed by atoms with E-state index in [1.54, 1.807) is 30.3 Å². The first-order valence-corrected chi connectivity index (χ1v) is 9.28. The molecule has 0 aromatic heterocycles. The van der Waals surface area contributed by atoms with Crippen LogP contribution < -0.4 is 9.46 Å². The van der Waals surface area contributed by atoms with Gasteiger partial charge in [0.05, 0.1) is 13.7 Å². The molecule has 0 aliphatic carbocycles. The third-order valence-corrected chi connectivity index (χ3v) is 5.32. The average molecular weight is 386 g/mol. The first-order chi connectivity index (χ1) is 11.8. The summed E-state index contributed by atoms with van der Waals surface area (Å²) in [4.78, 5) is -0.102. The van der Waals surface area contributed by atoms with Crippen LogP contribution in [0.2, 0.25) is 5.02 Å². The van der Waals surface area contributed by atoms with Crippen molar-refractivity contribution in [3.05, 3.63) is 59.1 Å². The maximum absolute atomic E-state index is 12.6. The van der Waals surface area contributed by atoms with Crippen molar-refractivity contribution >= 4 is 21.6 Å². The highest BCUT2D eigenvalue weighted by Crippen LogP contribution is 2.28. The Balaban J connectivity index is 2.30. The van der Waals surface area contributed by atoms with Crippen LogP contribution in [0.25, 0.3) is 0 Å². The topological polar surface area (TPSA) is 84.9 Å². The second kappa shape index (κ2) is 8.16. The van der Waals surface area contributed by atoms with E-state index < -0.39 is 15.6 Å². The van der Waals surface area contributed by atoms with E-state index in [4.69, 9.17) is 21.1 Å². The summed E-state index contributed by atoms with van der Waals surface area (Å²) in [5.41, 5.74) is -0.980. The zero-order valence-corrected chi connectivity index (χ0v) is 15.5. The van der Waals surface area contributed by atoms with E-state index in [9.17, 15) is 13.5 Å². The van der Waals surface area contributed by atoms with Gasteiger partial charge in [-0.25, -0.2) is 13.1 Å². The second-order valence-corrected chi connectivity index (χ2v) is 7.62. The summed E-state index contributed by atoms with van der Waals surface area (Å²) in [6, 6.07) is 13.0. The van der Waals surface area contributed by atoms with Crippen LogP contribution in [0, 0.1) is 0 Å². The molecule has 25 heavy (non-hydrogen) atoms. The van der Waals surface area contributed by atoms with Crippen LogP contribution in [0.4, 0.5) is 0 Å². The molecule has 2 aromatic carbocycles. The van der Waals surface area contributed by atoms with E-state index in [1.807, 2.05) is 0 Å². The molecule has 0 radical (unpaired) electrons. The molecule has 1 atom stereocenters. The largest absolute Gasteiger partial charge is 0.495 e. The van der Waals surface area contributed by atoms with Crippen molar-refractivity contribution in [2.24, 2.45) is 0 Å². The molecule has 0 unspecified atom stereocenters. The normalized spacial score (nSPS) is 14.1. The molecule has 0 fully saturated rings. The Morgan fingerprint density at radius 3 is 2.44 bits per heavy atom. The molecule has 0 aliphatic heterocycles. The van der Waals surface area contributed by atoms with Crippen LogP contribution in [-0.2, 0) is 20.4 Å². The molecule has 136 valence electrons. The number of hydrogen-bond donors (Lipinski definition) is 2. The highest BCUT2D eigenvalue weighted by Gasteiger charge is 2.32. The standard InChI is InChI=1S/C17H20ClNO5S/c1-23-12-17(20,13-6-4-3-5-7-13)11-19-25(21,22)16-10-14(18)8-9-15(16)24-2/h3-10,19-20H,11-12H2,1-2H3/t17-/m0/s1. The Hall–Kier alpha value is -1.64. The zero-order valence-electron chi connectivity index (χ0n) is 13.9. The van der Waals surface area contributed by atoms with Crippen molar-refractivity contribution in [1.82, 2.24) is 4.72 Å². The summed E-state index contributed by atoms with van der Waals surface area (Å²) in [6.07, 6.45) is 0. The lowest BCUT2D eigenvalue weighted by Gasteiger charge is -2.28. The minimum absolute atomic E-state index is 0.0772. The van der Waals surface area contributed by atoms with Gasteiger partial charge in [-0.15, -0.1) is 0 Å². The summed E-state index contributed by atoms with van der Waals surface area (Å²) in [6.45, 7) is -0.352. The number of nitrogens with one attached hydrogen (secondary N) is 1. The lowest BCUT2D eigenvalue weighted by molar-refractivity contribution is -0.0310. The number of halogens is 1. The van der Waals surface area contributed by atoms with Gasteiger partial charge in [0.25, 0.3) is 0 Å². The monoisotopic (exact) mass is 385 g/mol. The predicted molar refractivity (Wildman–Crippen MR) is 95.4 cm³/mol. The van der Waals surface area contributed by atoms with E-state index in [0.717, 1.165) is 0 Å². The van der Waals surface area contributed by atoms with Crippen molar-refractivity contribution in [3.63, 3.8) is 0 Å². The maximum atomic E-state index is 12.6. The minimum Gasteiger partial charge on any atom is -0.495 e. The van der Waals surface area contributed by atoms with Gasteiger partial charge in [0.15, 0.2) is 0 Å². The fourth-order valence-corrected chi connectivity index (χ4v) is 3.90. The highest BCUT2D eigenvalue weighted by atomic mass is 35.5. The van der Waals surface area contributed by atoms with Gasteiger partial charge in [-0.05, 0) is 23.8 Å². The molecule has 0 aliphatic rings. The van der Waals surface area contributed by atoms with Crippen molar-refractivity contribution < 1.29 is 23.0 Å². The van der Waals surface area contributed by atoms with Gasteiger partial charge in [-0.1, -0.05) is 41.9 Å². The molecule has 6 nitrogen and oxygen atoms in total. The third kappa shape index (κ3) is 4.71. The van der Waals surface area contributed by atoms with E-state index in [1.165, 1.54) is 32.4 Å². The van der Waals surface area contributed by atoms with Crippen LogP contribution >= 0.6 is 11.6 Å². The third-order valence-electron chi connectivity index (χ3n) is 3.66. The maximum Gasteiger partial charge on any atom is 0.244 e. The molecule has 0 saturated heterocycles. The molecular formula is C17H20ClNO5S. The summed E-state index contributed by atoms with van der Waals surface area (Å²) in [5.74, 6) is 0.159. The molecule has 2 N–H and O–H groups in total. The lowest BCUT2D eigenvalue weighted by Crippen LogP contribution is -2.44. The first kappa shape index (κ1) is 19.7. The number of ether oxygens (including phenoxy) is 2. The molecule has 0 heterocycles. The van der Waals surface area contributed by atoms with Crippen LogP contribution in [0.1, 0.15) is 5.56 Å². The van der Waals surface area contributed by atoms with Gasteiger partial charge in [0.1, 0.15) is 16.2 Å². The predicted octanol–water partition coefficient (Wildman–Crippen LogP) is 2.16. The second-order valence-electron chi connectivity index (χ2n) is 5.45. The van der Waals surface area contributed by atoms with Gasteiger partial charge < -0.3 is 14.6 Å². The Morgan fingerprint density at radius 1 is 1.16 bits per heavy atom. The fourth-order valence-electron chi connectivity index (χ4n) is 2.38. The van der Waals surface area contributed by atoms with Crippen molar-refractivity contribution in [2.75, 3.05) is 27.4 Å². The molecule has 2 aromatic rings. The molecule has 0 saturated carbocycles. The van der Waals surface area contributed by atoms with Gasteiger partial charge in [-0.2, -0.15) is 0 Å². The van der Waals surface area contributed by atoms with E-state index in [0.29, 0.717) is 5.56 Å². The molecule has 0 spiro atoms. The number of aliphatic hydroxyl groups is 1. The average Bonchev–Trinajstić information content (AvgIpc) is 2.61. The summed E-state index contributed by atoms with van der Waals surface area (Å²) < 4.78 is 37.8. The van der Waals surface area contributed by atoms with E-state index >= 15 is 0 Å². The van der Waals surface area contributed by atoms with Crippen LogP contribution in [0.3, 0.4) is 0 Å². The Kier molecular flexibility index (Phi) is 6.42. The smallest absolute Gasteiger partial charge is 0.244 e. The van der Waals surface area contributed by atoms with Crippen LogP contribution in [0.15, 0.2) is 53.4 Å². The van der Waals surface area contributed by atoms with Crippen molar-refractivity contribution in [1.29, 1.82) is 0 Å². The Labute approximate surface area is 152 Å². The lowest BCUT2D eigenvalue weighted by atomic mass is 9.95. The van der Waals surface area contributed by atoms with Crippen molar-refractivity contribution in [2.45, 2.75) is 10.5 Å². The van der Waals surface area contributed by atoms with Crippen molar-refractivity contribution in [3.8, 4) is 5.75 Å². The van der Waals surface area contributed by atoms with Gasteiger partial charge >= 0.3 is 0 Å². The molecule has 8 heteroatoms.